The molecule has 0 radical (unpaired) electrons. The van der Waals surface area contributed by atoms with Gasteiger partial charge in [-0.15, -0.1) is 0 Å². The van der Waals surface area contributed by atoms with Crippen molar-refractivity contribution in [3.63, 3.8) is 0 Å². The highest BCUT2D eigenvalue weighted by Crippen LogP contribution is 2.23. The molecule has 2 N–H and O–H groups in total. The van der Waals surface area contributed by atoms with Gasteiger partial charge in [0.15, 0.2) is 0 Å². The van der Waals surface area contributed by atoms with Crippen molar-refractivity contribution in [2.24, 2.45) is 0 Å². The van der Waals surface area contributed by atoms with Crippen molar-refractivity contribution in [2.45, 2.75) is 27.2 Å². The molecule has 21 heavy (non-hydrogen) atoms. The molecule has 0 aliphatic heterocycles. The Balaban J connectivity index is 3.08. The van der Waals surface area contributed by atoms with Gasteiger partial charge in [0, 0.05) is 21.0 Å². The largest absolute Gasteiger partial charge is 0.493 e. The number of anilines is 1. The van der Waals surface area contributed by atoms with E-state index in [0.29, 0.717) is 18.7 Å². The lowest BCUT2D eigenvalue weighted by Gasteiger charge is -2.18. The van der Waals surface area contributed by atoms with Gasteiger partial charge in [0.2, 0.25) is 0 Å². The number of likely N-dealkylation sites (N-methyl/N-ethyl adjacent to an activating group) is 1. The maximum Gasteiger partial charge on any atom is 0.341 e. The van der Waals surface area contributed by atoms with Crippen molar-refractivity contribution >= 4 is 11.7 Å². The van der Waals surface area contributed by atoms with Gasteiger partial charge < -0.3 is 20.1 Å². The van der Waals surface area contributed by atoms with Crippen LogP contribution in [-0.4, -0.2) is 43.6 Å². The molecule has 0 heterocycles. The number of carbonyl (C=O) groups is 1. The van der Waals surface area contributed by atoms with E-state index < -0.39 is 19.0 Å². The summed E-state index contributed by atoms with van der Waals surface area (Å²) >= 11 is 0. The van der Waals surface area contributed by atoms with Gasteiger partial charge >= 0.3 is 5.97 Å². The van der Waals surface area contributed by atoms with Crippen LogP contribution in [0.3, 0.4) is 0 Å². The zero-order valence-corrected chi connectivity index (χ0v) is 12.8. The minimum atomic E-state index is -2.85. The second-order valence-corrected chi connectivity index (χ2v) is 4.38. The maximum atomic E-state index is 12.4. The molecular weight excluding hydrogens is 268 g/mol. The Morgan fingerprint density at radius 2 is 2.05 bits per heavy atom. The topological polar surface area (TPSA) is 64.8 Å². The molecule has 0 spiro atoms. The Bertz CT molecular complexity index is 593. The second kappa shape index (κ2) is 9.23. The molecule has 1 aromatic carbocycles. The molecule has 0 bridgehead atoms. The molecule has 0 aliphatic rings. The number of ether oxygens (including phenoxy) is 2. The summed E-state index contributed by atoms with van der Waals surface area (Å²) in [5.41, 5.74) is 6.09. The van der Waals surface area contributed by atoms with Crippen molar-refractivity contribution in [1.29, 1.82) is 0 Å². The summed E-state index contributed by atoms with van der Waals surface area (Å²) in [6, 6.07) is 4.32. The third-order valence-electron chi connectivity index (χ3n) is 2.80. The second-order valence-electron chi connectivity index (χ2n) is 4.38. The Kier molecular flexibility index (Phi) is 5.22. The van der Waals surface area contributed by atoms with Crippen LogP contribution in [0.1, 0.15) is 43.0 Å². The van der Waals surface area contributed by atoms with Crippen LogP contribution >= 0.6 is 0 Å². The Labute approximate surface area is 132 Å². The number of hydrogen-bond donors (Lipinski definition) is 1. The molecule has 0 saturated heterocycles. The average molecular weight is 298 g/mol. The van der Waals surface area contributed by atoms with Crippen molar-refractivity contribution in [3.8, 4) is 5.75 Å². The third kappa shape index (κ3) is 5.63. The number of hydrogen-bond acceptors (Lipinski definition) is 5. The summed E-state index contributed by atoms with van der Waals surface area (Å²) in [5.74, 6) is -0.821. The van der Waals surface area contributed by atoms with E-state index in [1.807, 2.05) is 6.92 Å². The minimum Gasteiger partial charge on any atom is -0.493 e. The quantitative estimate of drug-likeness (QED) is 0.560. The summed E-state index contributed by atoms with van der Waals surface area (Å²) in [5, 5.41) is 0. The fourth-order valence-corrected chi connectivity index (χ4v) is 1.61. The summed E-state index contributed by atoms with van der Waals surface area (Å²) < 4.78 is 42.3. The van der Waals surface area contributed by atoms with Gasteiger partial charge in [0.1, 0.15) is 17.9 Å². The predicted octanol–water partition coefficient (Wildman–Crippen LogP) is 2.56. The van der Waals surface area contributed by atoms with Crippen molar-refractivity contribution < 1.29 is 19.8 Å². The van der Waals surface area contributed by atoms with Gasteiger partial charge in [-0.05, 0) is 31.6 Å². The van der Waals surface area contributed by atoms with E-state index in [1.54, 1.807) is 13.8 Å². The van der Waals surface area contributed by atoms with Gasteiger partial charge in [0.25, 0.3) is 0 Å². The first kappa shape index (κ1) is 11.9. The molecule has 5 nitrogen and oxygen atoms in total. The summed E-state index contributed by atoms with van der Waals surface area (Å²) in [6.07, 6.45) is 0.717. The van der Waals surface area contributed by atoms with Crippen molar-refractivity contribution in [2.75, 3.05) is 38.5 Å². The van der Waals surface area contributed by atoms with Crippen molar-refractivity contribution in [3.05, 3.63) is 23.8 Å². The highest BCUT2D eigenvalue weighted by atomic mass is 16.5. The number of rotatable bonds is 9. The van der Waals surface area contributed by atoms with Crippen LogP contribution in [0.5, 0.6) is 5.75 Å². The smallest absolute Gasteiger partial charge is 0.341 e. The van der Waals surface area contributed by atoms with Gasteiger partial charge in [-0.3, -0.25) is 0 Å². The van der Waals surface area contributed by atoms with E-state index in [0.717, 1.165) is 0 Å². The van der Waals surface area contributed by atoms with E-state index >= 15 is 0 Å². The van der Waals surface area contributed by atoms with Crippen molar-refractivity contribution in [1.82, 2.24) is 4.90 Å². The predicted molar refractivity (Wildman–Crippen MR) is 84.7 cm³/mol. The van der Waals surface area contributed by atoms with Crippen LogP contribution in [0.25, 0.3) is 0 Å². The first-order chi connectivity index (χ1) is 11.6. The lowest BCUT2D eigenvalue weighted by atomic mass is 10.2. The van der Waals surface area contributed by atoms with E-state index in [1.165, 1.54) is 23.1 Å². The zero-order valence-electron chi connectivity index (χ0n) is 16.8. The van der Waals surface area contributed by atoms with Crippen LogP contribution in [0.15, 0.2) is 18.2 Å². The molecule has 0 unspecified atom stereocenters. The third-order valence-corrected chi connectivity index (χ3v) is 2.80. The monoisotopic (exact) mass is 298 g/mol. The lowest BCUT2D eigenvalue weighted by Crippen LogP contribution is -2.28. The number of benzene rings is 1. The molecule has 0 amide bonds. The molecule has 0 aliphatic carbocycles. The van der Waals surface area contributed by atoms with Gasteiger partial charge in [-0.1, -0.05) is 20.8 Å². The molecule has 0 saturated carbocycles. The fraction of sp³-hybridized carbons (Fsp3) is 0.562. The average Bonchev–Trinajstić information content (AvgIpc) is 2.53. The van der Waals surface area contributed by atoms with Crippen LogP contribution < -0.4 is 10.5 Å². The van der Waals surface area contributed by atoms with Crippen LogP contribution in [0.2, 0.25) is 0 Å². The van der Waals surface area contributed by atoms with E-state index in [2.05, 4.69) is 0 Å². The molecular formula is C16H26N2O3. The number of nitrogen functional groups attached to an aromatic ring is 1. The summed E-state index contributed by atoms with van der Waals surface area (Å²) in [4.78, 5) is 13.7. The maximum absolute atomic E-state index is 12.4. The summed E-state index contributed by atoms with van der Waals surface area (Å²) in [7, 11) is 0. The number of carbonyl (C=O) groups excluding carboxylic acids is 1. The van der Waals surface area contributed by atoms with E-state index in [4.69, 9.17) is 20.7 Å². The first-order valence-electron chi connectivity index (χ1n) is 9.11. The highest BCUT2D eigenvalue weighted by Gasteiger charge is 2.14. The van der Waals surface area contributed by atoms with Crippen LogP contribution in [0.4, 0.5) is 5.69 Å². The Morgan fingerprint density at radius 3 is 2.67 bits per heavy atom. The minimum absolute atomic E-state index is 0.00173. The number of esters is 1. The normalized spacial score (nSPS) is 14.9. The van der Waals surface area contributed by atoms with Gasteiger partial charge in [0.05, 0.1) is 9.35 Å². The molecule has 5 heteroatoms. The molecule has 0 fully saturated rings. The van der Waals surface area contributed by atoms with Gasteiger partial charge in [-0.25, -0.2) is 4.79 Å². The van der Waals surface area contributed by atoms with E-state index in [9.17, 15) is 4.79 Å². The molecule has 1 rings (SSSR count). The number of nitrogens with zero attached hydrogens (tertiary/aromatic N) is 1. The Hall–Kier alpha value is -1.75. The first-order valence-corrected chi connectivity index (χ1v) is 7.11. The van der Waals surface area contributed by atoms with Gasteiger partial charge in [-0.2, -0.15) is 0 Å². The zero-order chi connectivity index (χ0) is 19.3. The van der Waals surface area contributed by atoms with E-state index in [-0.39, 0.29) is 24.4 Å². The molecule has 0 atom stereocenters. The van der Waals surface area contributed by atoms with Crippen LogP contribution in [0, 0.1) is 0 Å². The molecule has 118 valence electrons. The summed E-state index contributed by atoms with van der Waals surface area (Å²) in [6.45, 7) is 0.884. The molecule has 0 aromatic heterocycles. The Morgan fingerprint density at radius 1 is 1.33 bits per heavy atom. The number of nitrogens with two attached hydrogens (primary N) is 1. The highest BCUT2D eigenvalue weighted by molar-refractivity contribution is 5.93. The lowest BCUT2D eigenvalue weighted by molar-refractivity contribution is 0.0462. The molecule has 1 aromatic rings. The fourth-order valence-electron chi connectivity index (χ4n) is 1.61. The SMILES string of the molecule is [2H]C([2H])(OC(=O)c1ccc(N)cc1OCCC)C([2H])([2H])N(CC)CC. The standard InChI is InChI=1S/C16H26N2O3/c1-4-10-20-15-12-13(17)7-8-14(15)16(19)21-11-9-18(5-2)6-3/h7-8,12H,4-6,9-11,17H2,1-3H3/i9D2,11D2. The van der Waals surface area contributed by atoms with Crippen LogP contribution in [-0.2, 0) is 4.74 Å².